The number of halogens is 1. The van der Waals surface area contributed by atoms with Gasteiger partial charge < -0.3 is 29.5 Å². The van der Waals surface area contributed by atoms with Crippen LogP contribution in [0.25, 0.3) is 22.0 Å². The number of methoxy groups -OCH3 is 1. The van der Waals surface area contributed by atoms with Gasteiger partial charge in [0.2, 0.25) is 27.7 Å². The summed E-state index contributed by atoms with van der Waals surface area (Å²) in [6.07, 6.45) is 6.74. The van der Waals surface area contributed by atoms with Gasteiger partial charge in [0.1, 0.15) is 29.5 Å². The standard InChI is InChI=1S/C50H62FN5O10S/c1-27(2)65-36-13-11-30(12-14-36)40-21-33-22-42(64-6)39(51)24-38(33)45(52-40)66-37-23-41-44(57)53-50(47(59)54-67(62,63)49(5)15-16-49)25-34(50)10-8-7-9-28(3)17-29(4)43(46(58)55(41)26-37)56(48(60)61)35-19-31-18-32(31)20-35/h8,10-14,21-22,24,27-29,31-32,34-35,37,41,43H,7,9,15-20,23,25-26H2,1-6H3,(H,53,57)(H,54,59)(H,60,61)/b10-8-/t28-,29+,31-,32?,34+,35+,37+,41-,43-,50+/m0/s1. The van der Waals surface area contributed by atoms with Crippen LogP contribution in [-0.2, 0) is 24.4 Å². The molecule has 10 atom stereocenters. The number of aromatic nitrogens is 1. The number of fused-ring (bicyclic) bond motifs is 4. The van der Waals surface area contributed by atoms with Gasteiger partial charge in [-0.1, -0.05) is 26.0 Å². The number of hydrogen-bond acceptors (Lipinski definition) is 10. The monoisotopic (exact) mass is 943 g/mol. The van der Waals surface area contributed by atoms with E-state index in [0.717, 1.165) is 12.8 Å². The van der Waals surface area contributed by atoms with Crippen LogP contribution in [0.15, 0.2) is 54.6 Å². The van der Waals surface area contributed by atoms with Crippen molar-refractivity contribution in [3.8, 4) is 28.6 Å². The molecule has 15 nitrogen and oxygen atoms in total. The maximum atomic E-state index is 15.5. The zero-order chi connectivity index (χ0) is 47.7. The van der Waals surface area contributed by atoms with E-state index >= 15 is 9.18 Å². The van der Waals surface area contributed by atoms with Gasteiger partial charge in [-0.3, -0.25) is 24.0 Å². The number of rotatable bonds is 11. The Morgan fingerprint density at radius 3 is 2.40 bits per heavy atom. The van der Waals surface area contributed by atoms with E-state index in [0.29, 0.717) is 78.1 Å². The van der Waals surface area contributed by atoms with Gasteiger partial charge in [0.05, 0.1) is 30.2 Å². The molecule has 1 unspecified atom stereocenters. The third-order valence-corrected chi connectivity index (χ3v) is 17.4. The van der Waals surface area contributed by atoms with Crippen molar-refractivity contribution in [3.05, 3.63) is 60.4 Å². The predicted octanol–water partition coefficient (Wildman–Crippen LogP) is 7.22. The summed E-state index contributed by atoms with van der Waals surface area (Å²) in [4.78, 5) is 65.7. The molecule has 4 amide bonds. The highest BCUT2D eigenvalue weighted by atomic mass is 32.2. The predicted molar refractivity (Wildman–Crippen MR) is 247 cm³/mol. The molecule has 2 aromatic carbocycles. The van der Waals surface area contributed by atoms with Crippen molar-refractivity contribution >= 4 is 44.6 Å². The first-order valence-corrected chi connectivity index (χ1v) is 25.3. The molecule has 5 fully saturated rings. The maximum Gasteiger partial charge on any atom is 0.408 e. The molecular weight excluding hydrogens is 882 g/mol. The Morgan fingerprint density at radius 2 is 1.75 bits per heavy atom. The molecule has 0 radical (unpaired) electrons. The van der Waals surface area contributed by atoms with E-state index in [-0.39, 0.29) is 49.1 Å². The highest BCUT2D eigenvalue weighted by molar-refractivity contribution is 7.91. The van der Waals surface area contributed by atoms with Crippen molar-refractivity contribution in [2.24, 2.45) is 29.6 Å². The molecule has 6 aliphatic rings. The smallest absolute Gasteiger partial charge is 0.408 e. The molecule has 1 aromatic heterocycles. The SMILES string of the molecule is COc1cc2cc(-c3ccc(OC(C)C)cc3)nc(O[C@@H]3C[C@H]4C(=O)N[C@]5(C(=O)NS(=O)(=O)C6(C)CC6)C[C@H]5/C=C\CC[C@H](C)C[C@@H](C)[C@H](N(C(=O)O)[C@H]5CC6C[C@H]6C5)C(=O)N4C3)c2cc1F. The number of nitrogens with one attached hydrogen (secondary N) is 2. The van der Waals surface area contributed by atoms with E-state index in [1.165, 1.54) is 23.0 Å². The minimum atomic E-state index is -4.07. The molecule has 17 heteroatoms. The van der Waals surface area contributed by atoms with Crippen LogP contribution < -0.4 is 24.2 Å². The van der Waals surface area contributed by atoms with Gasteiger partial charge in [-0.15, -0.1) is 0 Å². The lowest BCUT2D eigenvalue weighted by atomic mass is 9.86. The van der Waals surface area contributed by atoms with Crippen LogP contribution >= 0.6 is 0 Å². The van der Waals surface area contributed by atoms with Crippen molar-refractivity contribution in [2.45, 2.75) is 139 Å². The largest absolute Gasteiger partial charge is 0.494 e. The number of allylic oxidation sites excluding steroid dienone is 1. The molecule has 3 heterocycles. The van der Waals surface area contributed by atoms with Crippen LogP contribution in [0.3, 0.4) is 0 Å². The number of carboxylic acid groups (broad SMARTS) is 1. The Hall–Kier alpha value is -5.45. The number of amides is 4. The quantitative estimate of drug-likeness (QED) is 0.164. The lowest BCUT2D eigenvalue weighted by molar-refractivity contribution is -0.145. The Morgan fingerprint density at radius 1 is 1.03 bits per heavy atom. The minimum Gasteiger partial charge on any atom is -0.494 e. The number of nitrogens with zero attached hydrogens (tertiary/aromatic N) is 3. The normalized spacial score (nSPS) is 31.6. The summed E-state index contributed by atoms with van der Waals surface area (Å²) in [5, 5.41) is 14.7. The number of pyridine rings is 1. The van der Waals surface area contributed by atoms with Crippen LogP contribution in [0.4, 0.5) is 9.18 Å². The highest BCUT2D eigenvalue weighted by Gasteiger charge is 2.63. The lowest BCUT2D eigenvalue weighted by Crippen LogP contribution is -2.61. The molecule has 3 aromatic rings. The Bertz CT molecular complexity index is 2590. The fraction of sp³-hybridized carbons (Fsp3) is 0.580. The summed E-state index contributed by atoms with van der Waals surface area (Å²) in [5.41, 5.74) is -0.424. The number of carbonyl (C=O) groups excluding carboxylic acids is 3. The topological polar surface area (TPSA) is 194 Å². The number of sulfonamides is 1. The van der Waals surface area contributed by atoms with Crippen molar-refractivity contribution < 1.29 is 51.3 Å². The van der Waals surface area contributed by atoms with Gasteiger partial charge in [0.25, 0.3) is 5.91 Å². The van der Waals surface area contributed by atoms with Gasteiger partial charge in [-0.05, 0) is 150 Å². The molecular formula is C50H62FN5O10S. The van der Waals surface area contributed by atoms with Crippen molar-refractivity contribution in [1.29, 1.82) is 0 Å². The zero-order valence-electron chi connectivity index (χ0n) is 39.0. The van der Waals surface area contributed by atoms with Crippen LogP contribution in [-0.4, -0.2) is 106 Å². The summed E-state index contributed by atoms with van der Waals surface area (Å²) in [6, 6.07) is 9.15. The third-order valence-electron chi connectivity index (χ3n) is 15.2. The van der Waals surface area contributed by atoms with Gasteiger partial charge in [0, 0.05) is 29.3 Å². The average molecular weight is 944 g/mol. The zero-order valence-corrected chi connectivity index (χ0v) is 39.8. The second-order valence-corrected chi connectivity index (χ2v) is 22.9. The van der Waals surface area contributed by atoms with E-state index in [2.05, 4.69) is 17.0 Å². The van der Waals surface area contributed by atoms with Crippen LogP contribution in [0, 0.1) is 35.4 Å². The van der Waals surface area contributed by atoms with E-state index in [4.69, 9.17) is 19.2 Å². The van der Waals surface area contributed by atoms with Crippen LogP contribution in [0.1, 0.15) is 98.8 Å². The number of benzene rings is 2. The summed E-state index contributed by atoms with van der Waals surface area (Å²) in [7, 11) is -2.70. The number of carbonyl (C=O) groups is 4. The molecule has 2 aliphatic heterocycles. The molecule has 0 spiro atoms. The van der Waals surface area contributed by atoms with E-state index < -0.39 is 80.0 Å². The molecule has 3 N–H and O–H groups in total. The first-order valence-electron chi connectivity index (χ1n) is 23.8. The fourth-order valence-electron chi connectivity index (χ4n) is 10.9. The van der Waals surface area contributed by atoms with Crippen molar-refractivity contribution in [2.75, 3.05) is 13.7 Å². The first kappa shape index (κ1) is 46.7. The fourth-order valence-corrected chi connectivity index (χ4v) is 12.2. The van der Waals surface area contributed by atoms with Crippen molar-refractivity contribution in [1.82, 2.24) is 24.8 Å². The summed E-state index contributed by atoms with van der Waals surface area (Å²) >= 11 is 0. The second kappa shape index (κ2) is 17.6. The molecule has 9 rings (SSSR count). The summed E-state index contributed by atoms with van der Waals surface area (Å²) < 4.78 is 61.4. The number of hydrogen-bond donors (Lipinski definition) is 3. The highest BCUT2D eigenvalue weighted by Crippen LogP contribution is 2.54. The van der Waals surface area contributed by atoms with Gasteiger partial charge in [0.15, 0.2) is 11.6 Å². The Balaban J connectivity index is 1.10. The Labute approximate surface area is 391 Å². The summed E-state index contributed by atoms with van der Waals surface area (Å²) in [5.74, 6) is -2.09. The lowest BCUT2D eigenvalue weighted by Gasteiger charge is -2.40. The van der Waals surface area contributed by atoms with Gasteiger partial charge in [-0.25, -0.2) is 22.6 Å². The average Bonchev–Trinajstić information content (AvgIpc) is 4.23. The molecule has 0 bridgehead atoms. The van der Waals surface area contributed by atoms with Gasteiger partial charge in [-0.2, -0.15) is 0 Å². The van der Waals surface area contributed by atoms with E-state index in [1.54, 1.807) is 19.1 Å². The molecule has 1 saturated heterocycles. The summed E-state index contributed by atoms with van der Waals surface area (Å²) in [6.45, 7) is 9.25. The second-order valence-electron chi connectivity index (χ2n) is 20.7. The van der Waals surface area contributed by atoms with Gasteiger partial charge >= 0.3 is 6.09 Å². The molecule has 4 aliphatic carbocycles. The molecule has 67 heavy (non-hydrogen) atoms. The Kier molecular flexibility index (Phi) is 12.2. The van der Waals surface area contributed by atoms with Crippen molar-refractivity contribution in [3.63, 3.8) is 0 Å². The molecule has 4 saturated carbocycles. The first-order chi connectivity index (χ1) is 31.8. The van der Waals surface area contributed by atoms with Crippen LogP contribution in [0.5, 0.6) is 17.4 Å². The minimum absolute atomic E-state index is 0.00701. The van der Waals surface area contributed by atoms with E-state index in [9.17, 15) is 27.9 Å². The van der Waals surface area contributed by atoms with E-state index in [1.807, 2.05) is 57.2 Å². The number of ether oxygens (including phenoxy) is 3. The molecule has 360 valence electrons. The van der Waals surface area contributed by atoms with Crippen LogP contribution in [0.2, 0.25) is 0 Å². The third kappa shape index (κ3) is 9.16. The maximum absolute atomic E-state index is 15.5.